The van der Waals surface area contributed by atoms with Crippen molar-refractivity contribution >= 4 is 0 Å². The van der Waals surface area contributed by atoms with E-state index < -0.39 is 0 Å². The zero-order valence-electron chi connectivity index (χ0n) is 10.6. The summed E-state index contributed by atoms with van der Waals surface area (Å²) in [6, 6.07) is 8.55. The van der Waals surface area contributed by atoms with Gasteiger partial charge in [0.05, 0.1) is 6.10 Å². The standard InChI is InChI=1S/C14H23NO/c1-4-9-15-11-14(16-5-2)13-8-6-7-12(3)10-13/h6-8,10,14-15H,4-5,9,11H2,1-3H3. The molecule has 1 unspecified atom stereocenters. The summed E-state index contributed by atoms with van der Waals surface area (Å²) >= 11 is 0. The molecule has 0 aromatic heterocycles. The van der Waals surface area contributed by atoms with Crippen molar-refractivity contribution in [3.8, 4) is 0 Å². The molecule has 0 fully saturated rings. The highest BCUT2D eigenvalue weighted by molar-refractivity contribution is 5.24. The van der Waals surface area contributed by atoms with Crippen molar-refractivity contribution in [2.24, 2.45) is 0 Å². The number of nitrogens with one attached hydrogen (secondary N) is 1. The molecule has 0 spiro atoms. The zero-order chi connectivity index (χ0) is 11.8. The van der Waals surface area contributed by atoms with Crippen LogP contribution >= 0.6 is 0 Å². The lowest BCUT2D eigenvalue weighted by atomic mass is 10.1. The fourth-order valence-corrected chi connectivity index (χ4v) is 1.75. The monoisotopic (exact) mass is 221 g/mol. The smallest absolute Gasteiger partial charge is 0.0949 e. The van der Waals surface area contributed by atoms with E-state index in [1.807, 2.05) is 6.92 Å². The largest absolute Gasteiger partial charge is 0.372 e. The van der Waals surface area contributed by atoms with Gasteiger partial charge >= 0.3 is 0 Å². The molecular formula is C14H23NO. The average molecular weight is 221 g/mol. The first-order valence-electron chi connectivity index (χ1n) is 6.16. The Morgan fingerprint density at radius 1 is 1.31 bits per heavy atom. The molecule has 1 N–H and O–H groups in total. The Labute approximate surface area is 99.0 Å². The predicted octanol–water partition coefficient (Wildman–Crippen LogP) is 3.07. The lowest BCUT2D eigenvalue weighted by Gasteiger charge is -2.18. The number of ether oxygens (including phenoxy) is 1. The van der Waals surface area contributed by atoms with Gasteiger partial charge in [-0.25, -0.2) is 0 Å². The second kappa shape index (κ2) is 7.42. The lowest BCUT2D eigenvalue weighted by Crippen LogP contribution is -2.24. The molecule has 2 heteroatoms. The molecule has 2 nitrogen and oxygen atoms in total. The van der Waals surface area contributed by atoms with Crippen LogP contribution in [0.2, 0.25) is 0 Å². The molecule has 0 bridgehead atoms. The minimum Gasteiger partial charge on any atom is -0.372 e. The van der Waals surface area contributed by atoms with Crippen LogP contribution in [0.4, 0.5) is 0 Å². The van der Waals surface area contributed by atoms with Gasteiger partial charge < -0.3 is 10.1 Å². The molecular weight excluding hydrogens is 198 g/mol. The fraction of sp³-hybridized carbons (Fsp3) is 0.571. The molecule has 90 valence electrons. The van der Waals surface area contributed by atoms with Gasteiger partial charge in [0, 0.05) is 13.2 Å². The quantitative estimate of drug-likeness (QED) is 0.714. The summed E-state index contributed by atoms with van der Waals surface area (Å²) in [5.41, 5.74) is 2.56. The summed E-state index contributed by atoms with van der Waals surface area (Å²) in [5, 5.41) is 3.41. The highest BCUT2D eigenvalue weighted by Crippen LogP contribution is 2.17. The molecule has 0 heterocycles. The van der Waals surface area contributed by atoms with Gasteiger partial charge in [0.25, 0.3) is 0 Å². The number of rotatable bonds is 7. The van der Waals surface area contributed by atoms with E-state index in [1.54, 1.807) is 0 Å². The van der Waals surface area contributed by atoms with Crippen LogP contribution in [0.3, 0.4) is 0 Å². The maximum Gasteiger partial charge on any atom is 0.0949 e. The van der Waals surface area contributed by atoms with Gasteiger partial charge in [-0.1, -0.05) is 36.8 Å². The topological polar surface area (TPSA) is 21.3 Å². The first-order chi connectivity index (χ1) is 7.77. The van der Waals surface area contributed by atoms with Crippen LogP contribution in [0, 0.1) is 6.92 Å². The van der Waals surface area contributed by atoms with E-state index in [0.717, 1.165) is 26.1 Å². The third kappa shape index (κ3) is 4.33. The van der Waals surface area contributed by atoms with Gasteiger partial charge in [-0.15, -0.1) is 0 Å². The molecule has 0 aliphatic carbocycles. The summed E-state index contributed by atoms with van der Waals surface area (Å²) < 4.78 is 5.77. The molecule has 1 rings (SSSR count). The normalized spacial score (nSPS) is 12.7. The van der Waals surface area contributed by atoms with Gasteiger partial charge in [0.15, 0.2) is 0 Å². The number of benzene rings is 1. The molecule has 16 heavy (non-hydrogen) atoms. The third-order valence-electron chi connectivity index (χ3n) is 2.54. The van der Waals surface area contributed by atoms with E-state index in [4.69, 9.17) is 4.74 Å². The maximum absolute atomic E-state index is 5.77. The lowest BCUT2D eigenvalue weighted by molar-refractivity contribution is 0.0624. The number of hydrogen-bond donors (Lipinski definition) is 1. The van der Waals surface area contributed by atoms with Crippen LogP contribution in [0.15, 0.2) is 24.3 Å². The Hall–Kier alpha value is -0.860. The number of hydrogen-bond acceptors (Lipinski definition) is 2. The van der Waals surface area contributed by atoms with E-state index >= 15 is 0 Å². The minimum atomic E-state index is 0.177. The summed E-state index contributed by atoms with van der Waals surface area (Å²) in [4.78, 5) is 0. The molecule has 0 radical (unpaired) electrons. The molecule has 0 saturated carbocycles. The predicted molar refractivity (Wildman–Crippen MR) is 68.7 cm³/mol. The van der Waals surface area contributed by atoms with Crippen molar-refractivity contribution in [2.45, 2.75) is 33.3 Å². The maximum atomic E-state index is 5.77. The van der Waals surface area contributed by atoms with Crippen molar-refractivity contribution in [3.05, 3.63) is 35.4 Å². The van der Waals surface area contributed by atoms with Crippen molar-refractivity contribution < 1.29 is 4.74 Å². The first-order valence-corrected chi connectivity index (χ1v) is 6.16. The Kier molecular flexibility index (Phi) is 6.12. The Morgan fingerprint density at radius 3 is 2.75 bits per heavy atom. The third-order valence-corrected chi connectivity index (χ3v) is 2.54. The van der Waals surface area contributed by atoms with Crippen LogP contribution in [0.1, 0.15) is 37.5 Å². The average Bonchev–Trinajstić information content (AvgIpc) is 2.28. The highest BCUT2D eigenvalue weighted by Gasteiger charge is 2.10. The van der Waals surface area contributed by atoms with Gasteiger partial charge in [0.2, 0.25) is 0 Å². The van der Waals surface area contributed by atoms with Crippen LogP contribution in [0.5, 0.6) is 0 Å². The highest BCUT2D eigenvalue weighted by atomic mass is 16.5. The first kappa shape index (κ1) is 13.2. The van der Waals surface area contributed by atoms with E-state index in [1.165, 1.54) is 11.1 Å². The SMILES string of the molecule is CCCNCC(OCC)c1cccc(C)c1. The van der Waals surface area contributed by atoms with Crippen LogP contribution in [-0.4, -0.2) is 19.7 Å². The van der Waals surface area contributed by atoms with Crippen LogP contribution < -0.4 is 5.32 Å². The molecule has 0 amide bonds. The zero-order valence-corrected chi connectivity index (χ0v) is 10.6. The van der Waals surface area contributed by atoms with E-state index in [0.29, 0.717) is 0 Å². The van der Waals surface area contributed by atoms with Gasteiger partial charge in [0.1, 0.15) is 0 Å². The van der Waals surface area contributed by atoms with Gasteiger partial charge in [-0.3, -0.25) is 0 Å². The Bertz CT molecular complexity index is 299. The minimum absolute atomic E-state index is 0.177. The van der Waals surface area contributed by atoms with Crippen LogP contribution in [0.25, 0.3) is 0 Å². The van der Waals surface area contributed by atoms with Crippen molar-refractivity contribution in [2.75, 3.05) is 19.7 Å². The van der Waals surface area contributed by atoms with Gasteiger partial charge in [-0.05, 0) is 32.4 Å². The van der Waals surface area contributed by atoms with E-state index in [9.17, 15) is 0 Å². The van der Waals surface area contributed by atoms with E-state index in [-0.39, 0.29) is 6.10 Å². The Balaban J connectivity index is 2.61. The number of aryl methyl sites for hydroxylation is 1. The molecule has 1 atom stereocenters. The van der Waals surface area contributed by atoms with Crippen LogP contribution in [-0.2, 0) is 4.74 Å². The van der Waals surface area contributed by atoms with Crippen molar-refractivity contribution in [1.82, 2.24) is 5.32 Å². The molecule has 1 aromatic carbocycles. The second-order valence-electron chi connectivity index (χ2n) is 4.06. The molecule has 0 aliphatic rings. The van der Waals surface area contributed by atoms with Crippen molar-refractivity contribution in [1.29, 1.82) is 0 Å². The molecule has 0 aliphatic heterocycles. The molecule has 1 aromatic rings. The summed E-state index contributed by atoms with van der Waals surface area (Å²) in [6.07, 6.45) is 1.34. The van der Waals surface area contributed by atoms with Gasteiger partial charge in [-0.2, -0.15) is 0 Å². The summed E-state index contributed by atoms with van der Waals surface area (Å²) in [5.74, 6) is 0. The van der Waals surface area contributed by atoms with Crippen molar-refractivity contribution in [3.63, 3.8) is 0 Å². The molecule has 0 saturated heterocycles. The summed E-state index contributed by atoms with van der Waals surface area (Å²) in [6.45, 7) is 9.04. The summed E-state index contributed by atoms with van der Waals surface area (Å²) in [7, 11) is 0. The second-order valence-corrected chi connectivity index (χ2v) is 4.06. The van der Waals surface area contributed by atoms with E-state index in [2.05, 4.69) is 43.4 Å². The Morgan fingerprint density at radius 2 is 2.12 bits per heavy atom. The fourth-order valence-electron chi connectivity index (χ4n) is 1.75.